The molecule has 3 aromatic carbocycles. The van der Waals surface area contributed by atoms with Crippen molar-refractivity contribution in [1.82, 2.24) is 0 Å². The van der Waals surface area contributed by atoms with E-state index in [2.05, 4.69) is 18.2 Å². The van der Waals surface area contributed by atoms with Gasteiger partial charge in [-0.2, -0.15) is 0 Å². The van der Waals surface area contributed by atoms with Gasteiger partial charge in [0, 0.05) is 22.6 Å². The fourth-order valence-electron chi connectivity index (χ4n) is 4.74. The SMILES string of the molecule is CCOc1ccc(C2=C(C[NH+]3CCOCC3)C(c3ccc(F)cc3)c3ccccc3O2)cc1.[Cl-]. The molecule has 0 aromatic heterocycles. The quantitative estimate of drug-likeness (QED) is 0.572. The lowest BCUT2D eigenvalue weighted by Gasteiger charge is -2.34. The molecule has 178 valence electrons. The van der Waals surface area contributed by atoms with Gasteiger partial charge in [0.15, 0.2) is 0 Å². The second-order valence-electron chi connectivity index (χ2n) is 8.48. The number of morpholine rings is 1. The van der Waals surface area contributed by atoms with E-state index in [1.165, 1.54) is 10.5 Å². The van der Waals surface area contributed by atoms with Crippen molar-refractivity contribution in [3.05, 3.63) is 101 Å². The van der Waals surface area contributed by atoms with Crippen molar-refractivity contribution in [3.8, 4) is 11.5 Å². The molecule has 2 aliphatic rings. The molecule has 34 heavy (non-hydrogen) atoms. The maximum absolute atomic E-state index is 13.8. The molecule has 2 heterocycles. The van der Waals surface area contributed by atoms with Crippen LogP contribution in [0.25, 0.3) is 5.76 Å². The van der Waals surface area contributed by atoms with Gasteiger partial charge in [-0.1, -0.05) is 30.3 Å². The van der Waals surface area contributed by atoms with Crippen LogP contribution in [0.1, 0.15) is 29.5 Å². The van der Waals surface area contributed by atoms with Gasteiger partial charge in [-0.25, -0.2) is 4.39 Å². The first-order valence-corrected chi connectivity index (χ1v) is 11.6. The summed E-state index contributed by atoms with van der Waals surface area (Å²) in [6.07, 6.45) is 0. The van der Waals surface area contributed by atoms with Crippen molar-refractivity contribution in [2.75, 3.05) is 39.5 Å². The zero-order chi connectivity index (χ0) is 22.6. The standard InChI is InChI=1S/C28H28FNO3.ClH/c1-2-32-23-13-9-21(10-14-23)28-25(19-30-15-17-31-18-16-30)27(20-7-11-22(29)12-8-20)24-5-3-4-6-26(24)33-28;/h3-14,27H,2,15-19H2,1H3;1H. The Morgan fingerprint density at radius 2 is 1.65 bits per heavy atom. The number of halogens is 2. The van der Waals surface area contributed by atoms with E-state index < -0.39 is 0 Å². The van der Waals surface area contributed by atoms with Gasteiger partial charge in [0.25, 0.3) is 0 Å². The Balaban J connectivity index is 0.00000274. The number of hydrogen-bond acceptors (Lipinski definition) is 3. The van der Waals surface area contributed by atoms with Gasteiger partial charge in [0.1, 0.15) is 42.7 Å². The maximum atomic E-state index is 13.8. The number of benzene rings is 3. The lowest BCUT2D eigenvalue weighted by atomic mass is 9.81. The molecule has 5 rings (SSSR count). The minimum Gasteiger partial charge on any atom is -1.00 e. The van der Waals surface area contributed by atoms with Crippen LogP contribution in [0, 0.1) is 5.82 Å². The second-order valence-corrected chi connectivity index (χ2v) is 8.48. The highest BCUT2D eigenvalue weighted by Crippen LogP contribution is 2.45. The van der Waals surface area contributed by atoms with Crippen molar-refractivity contribution < 1.29 is 35.9 Å². The van der Waals surface area contributed by atoms with Crippen LogP contribution in [0.3, 0.4) is 0 Å². The topological polar surface area (TPSA) is 32.1 Å². The van der Waals surface area contributed by atoms with Gasteiger partial charge < -0.3 is 31.5 Å². The molecular formula is C28H29ClFNO3. The van der Waals surface area contributed by atoms with Crippen LogP contribution in [0.15, 0.2) is 78.4 Å². The van der Waals surface area contributed by atoms with E-state index in [0.29, 0.717) is 6.61 Å². The molecule has 0 radical (unpaired) electrons. The van der Waals surface area contributed by atoms with Crippen molar-refractivity contribution in [2.45, 2.75) is 12.8 Å². The van der Waals surface area contributed by atoms with Crippen molar-refractivity contribution >= 4 is 5.76 Å². The van der Waals surface area contributed by atoms with Crippen LogP contribution < -0.4 is 26.8 Å². The minimum absolute atomic E-state index is 0. The summed E-state index contributed by atoms with van der Waals surface area (Å²) in [6.45, 7) is 6.88. The van der Waals surface area contributed by atoms with Crippen LogP contribution in [-0.4, -0.2) is 39.5 Å². The fourth-order valence-corrected chi connectivity index (χ4v) is 4.74. The highest BCUT2D eigenvalue weighted by atomic mass is 35.5. The predicted molar refractivity (Wildman–Crippen MR) is 126 cm³/mol. The molecule has 1 atom stereocenters. The summed E-state index contributed by atoms with van der Waals surface area (Å²) < 4.78 is 31.6. The average molecular weight is 482 g/mol. The number of rotatable bonds is 6. The van der Waals surface area contributed by atoms with Crippen molar-refractivity contribution in [2.24, 2.45) is 0 Å². The first kappa shape index (κ1) is 24.3. The monoisotopic (exact) mass is 481 g/mol. The van der Waals surface area contributed by atoms with Gasteiger partial charge in [-0.05, 0) is 55.0 Å². The Hall–Kier alpha value is -2.86. The summed E-state index contributed by atoms with van der Waals surface area (Å²) in [4.78, 5) is 1.47. The molecule has 0 aliphatic carbocycles. The first-order chi connectivity index (χ1) is 16.2. The predicted octanol–water partition coefficient (Wildman–Crippen LogP) is 1.08. The van der Waals surface area contributed by atoms with Gasteiger partial charge in [-0.15, -0.1) is 0 Å². The Labute approximate surface area is 206 Å². The number of hydrogen-bond donors (Lipinski definition) is 1. The van der Waals surface area contributed by atoms with Gasteiger partial charge in [0.2, 0.25) is 0 Å². The molecule has 3 aromatic rings. The largest absolute Gasteiger partial charge is 1.00 e. The van der Waals surface area contributed by atoms with Crippen LogP contribution >= 0.6 is 0 Å². The van der Waals surface area contributed by atoms with Crippen LogP contribution in [-0.2, 0) is 4.74 Å². The molecule has 1 N–H and O–H groups in total. The van der Waals surface area contributed by atoms with E-state index >= 15 is 0 Å². The molecule has 0 spiro atoms. The normalized spacial score (nSPS) is 18.0. The second kappa shape index (κ2) is 11.0. The summed E-state index contributed by atoms with van der Waals surface area (Å²) in [7, 11) is 0. The summed E-state index contributed by atoms with van der Waals surface area (Å²) in [6, 6.07) is 23.1. The molecule has 1 unspecified atom stereocenters. The van der Waals surface area contributed by atoms with Crippen molar-refractivity contribution in [3.63, 3.8) is 0 Å². The van der Waals surface area contributed by atoms with E-state index in [1.54, 1.807) is 12.1 Å². The lowest BCUT2D eigenvalue weighted by molar-refractivity contribution is -0.903. The fraction of sp³-hybridized carbons (Fsp3) is 0.286. The molecule has 6 heteroatoms. The highest BCUT2D eigenvalue weighted by Gasteiger charge is 2.34. The third kappa shape index (κ3) is 5.12. The molecule has 4 nitrogen and oxygen atoms in total. The first-order valence-electron chi connectivity index (χ1n) is 11.6. The smallest absolute Gasteiger partial charge is 0.140 e. The van der Waals surface area contributed by atoms with E-state index in [1.807, 2.05) is 49.4 Å². The number of para-hydroxylation sites is 1. The Morgan fingerprint density at radius 3 is 2.35 bits per heavy atom. The van der Waals surface area contributed by atoms with Crippen LogP contribution in [0.2, 0.25) is 0 Å². The lowest BCUT2D eigenvalue weighted by Crippen LogP contribution is -3.14. The molecule has 0 bridgehead atoms. The van der Waals surface area contributed by atoms with E-state index in [-0.39, 0.29) is 24.1 Å². The summed E-state index contributed by atoms with van der Waals surface area (Å²) in [5.41, 5.74) is 4.41. The number of nitrogens with one attached hydrogen (secondary N) is 1. The molecule has 2 aliphatic heterocycles. The van der Waals surface area contributed by atoms with Crippen molar-refractivity contribution in [1.29, 1.82) is 0 Å². The Kier molecular flexibility index (Phi) is 7.88. The third-order valence-electron chi connectivity index (χ3n) is 6.35. The third-order valence-corrected chi connectivity index (χ3v) is 6.35. The van der Waals surface area contributed by atoms with Gasteiger partial charge in [-0.3, -0.25) is 0 Å². The summed E-state index contributed by atoms with van der Waals surface area (Å²) in [5, 5.41) is 0. The molecule has 0 amide bonds. The minimum atomic E-state index is -0.227. The molecule has 1 fully saturated rings. The van der Waals surface area contributed by atoms with E-state index in [9.17, 15) is 4.39 Å². The number of quaternary nitrogens is 1. The van der Waals surface area contributed by atoms with Gasteiger partial charge >= 0.3 is 0 Å². The van der Waals surface area contributed by atoms with Crippen LogP contribution in [0.4, 0.5) is 4.39 Å². The zero-order valence-electron chi connectivity index (χ0n) is 19.2. The van der Waals surface area contributed by atoms with Gasteiger partial charge in [0.05, 0.1) is 19.8 Å². The summed E-state index contributed by atoms with van der Waals surface area (Å²) in [5.74, 6) is 2.33. The average Bonchev–Trinajstić information content (AvgIpc) is 2.86. The maximum Gasteiger partial charge on any atom is 0.140 e. The Bertz CT molecular complexity index is 1130. The van der Waals surface area contributed by atoms with Crippen LogP contribution in [0.5, 0.6) is 11.5 Å². The number of fused-ring (bicyclic) bond motifs is 1. The van der Waals surface area contributed by atoms with E-state index in [0.717, 1.165) is 66.8 Å². The Morgan fingerprint density at radius 1 is 0.941 bits per heavy atom. The number of ether oxygens (including phenoxy) is 3. The zero-order valence-corrected chi connectivity index (χ0v) is 20.0. The summed E-state index contributed by atoms with van der Waals surface area (Å²) >= 11 is 0. The molecule has 1 saturated heterocycles. The van der Waals surface area contributed by atoms with E-state index in [4.69, 9.17) is 14.2 Å². The molecular weight excluding hydrogens is 453 g/mol. The highest BCUT2D eigenvalue weighted by molar-refractivity contribution is 5.72. The molecule has 0 saturated carbocycles.